The summed E-state index contributed by atoms with van der Waals surface area (Å²) in [6.07, 6.45) is 2.42. The van der Waals surface area contributed by atoms with Crippen molar-refractivity contribution in [3.8, 4) is 0 Å². The van der Waals surface area contributed by atoms with Crippen molar-refractivity contribution in [1.29, 1.82) is 0 Å². The molecule has 1 aliphatic rings. The zero-order valence-corrected chi connectivity index (χ0v) is 12.3. The molecule has 0 bridgehead atoms. The van der Waals surface area contributed by atoms with Crippen LogP contribution in [0, 0.1) is 12.8 Å². The monoisotopic (exact) mass is 316 g/mol. The highest BCUT2D eigenvalue weighted by molar-refractivity contribution is 9.11. The second-order valence-corrected chi connectivity index (χ2v) is 6.86. The number of hydrogen-bond donors (Lipinski definition) is 2. The fraction of sp³-hybridized carbons (Fsp3) is 0.583. The summed E-state index contributed by atoms with van der Waals surface area (Å²) in [4.78, 5) is 12.7. The van der Waals surface area contributed by atoms with Gasteiger partial charge in [-0.1, -0.05) is 0 Å². The third-order valence-electron chi connectivity index (χ3n) is 3.03. The first-order valence-corrected chi connectivity index (χ1v) is 7.52. The molecule has 5 heteroatoms. The summed E-state index contributed by atoms with van der Waals surface area (Å²) in [5.41, 5.74) is 1.12. The van der Waals surface area contributed by atoms with Gasteiger partial charge >= 0.3 is 0 Å². The van der Waals surface area contributed by atoms with Gasteiger partial charge in [-0.2, -0.15) is 0 Å². The topological polar surface area (TPSA) is 41.1 Å². The summed E-state index contributed by atoms with van der Waals surface area (Å²) >= 11 is 4.94. The highest BCUT2D eigenvalue weighted by Crippen LogP contribution is 2.27. The first-order valence-electron chi connectivity index (χ1n) is 5.91. The maximum atomic E-state index is 11.9. The van der Waals surface area contributed by atoms with Gasteiger partial charge in [0.15, 0.2) is 0 Å². The van der Waals surface area contributed by atoms with Gasteiger partial charge in [-0.15, -0.1) is 11.3 Å². The largest absolute Gasteiger partial charge is 0.351 e. The highest BCUT2D eigenvalue weighted by atomic mass is 79.9. The maximum Gasteiger partial charge on any atom is 0.261 e. The average molecular weight is 317 g/mol. The van der Waals surface area contributed by atoms with Gasteiger partial charge in [-0.25, -0.2) is 0 Å². The van der Waals surface area contributed by atoms with E-state index in [0.717, 1.165) is 33.9 Å². The number of hydrogen-bond acceptors (Lipinski definition) is 3. The molecule has 94 valence electrons. The number of carbonyl (C=O) groups is 1. The van der Waals surface area contributed by atoms with Crippen molar-refractivity contribution in [3.05, 3.63) is 20.3 Å². The van der Waals surface area contributed by atoms with E-state index in [4.69, 9.17) is 0 Å². The molecule has 2 heterocycles. The van der Waals surface area contributed by atoms with Crippen LogP contribution in [0.4, 0.5) is 0 Å². The number of thiophene rings is 1. The van der Waals surface area contributed by atoms with Crippen molar-refractivity contribution in [2.24, 2.45) is 5.92 Å². The Morgan fingerprint density at radius 3 is 3.12 bits per heavy atom. The van der Waals surface area contributed by atoms with E-state index in [0.29, 0.717) is 5.92 Å². The van der Waals surface area contributed by atoms with E-state index in [1.165, 1.54) is 24.2 Å². The molecule has 0 spiro atoms. The highest BCUT2D eigenvalue weighted by Gasteiger charge is 2.15. The first-order chi connectivity index (χ1) is 8.16. The van der Waals surface area contributed by atoms with Crippen molar-refractivity contribution in [3.63, 3.8) is 0 Å². The standard InChI is InChI=1S/C12H17BrN2OS/c1-8-5-10(17-11(8)13)12(16)15-7-9-3-2-4-14-6-9/h5,9,14H,2-4,6-7H2,1H3,(H,15,16). The fourth-order valence-corrected chi connectivity index (χ4v) is 3.45. The van der Waals surface area contributed by atoms with Gasteiger partial charge in [0.05, 0.1) is 8.66 Å². The van der Waals surface area contributed by atoms with Gasteiger partial charge in [0.1, 0.15) is 0 Å². The normalized spacial score (nSPS) is 20.2. The molecule has 0 saturated carbocycles. The minimum absolute atomic E-state index is 0.0503. The molecule has 2 rings (SSSR count). The summed E-state index contributed by atoms with van der Waals surface area (Å²) in [5.74, 6) is 0.631. The van der Waals surface area contributed by atoms with Gasteiger partial charge in [0.25, 0.3) is 5.91 Å². The van der Waals surface area contributed by atoms with E-state index < -0.39 is 0 Å². The van der Waals surface area contributed by atoms with Crippen LogP contribution in [-0.4, -0.2) is 25.5 Å². The maximum absolute atomic E-state index is 11.9. The van der Waals surface area contributed by atoms with Gasteiger partial charge < -0.3 is 10.6 Å². The zero-order chi connectivity index (χ0) is 12.3. The van der Waals surface area contributed by atoms with Gasteiger partial charge in [0.2, 0.25) is 0 Å². The third-order valence-corrected chi connectivity index (χ3v) is 5.17. The fourth-order valence-electron chi connectivity index (χ4n) is 1.99. The molecule has 1 aliphatic heterocycles. The first kappa shape index (κ1) is 13.1. The molecular weight excluding hydrogens is 300 g/mol. The van der Waals surface area contributed by atoms with Crippen LogP contribution < -0.4 is 10.6 Å². The molecule has 1 amide bonds. The van der Waals surface area contributed by atoms with Crippen molar-refractivity contribution in [2.45, 2.75) is 19.8 Å². The molecule has 1 aromatic rings. The van der Waals surface area contributed by atoms with Crippen molar-refractivity contribution < 1.29 is 4.79 Å². The van der Waals surface area contributed by atoms with E-state index in [1.54, 1.807) is 0 Å². The summed E-state index contributed by atoms with van der Waals surface area (Å²) < 4.78 is 1.04. The quantitative estimate of drug-likeness (QED) is 0.899. The van der Waals surface area contributed by atoms with Crippen molar-refractivity contribution >= 4 is 33.2 Å². The Labute approximate surface area is 114 Å². The van der Waals surface area contributed by atoms with Crippen LogP contribution in [0.15, 0.2) is 9.85 Å². The number of piperidine rings is 1. The lowest BCUT2D eigenvalue weighted by Crippen LogP contribution is -2.37. The van der Waals surface area contributed by atoms with Crippen molar-refractivity contribution in [2.75, 3.05) is 19.6 Å². The Morgan fingerprint density at radius 1 is 1.71 bits per heavy atom. The lowest BCUT2D eigenvalue weighted by Gasteiger charge is -2.22. The summed E-state index contributed by atoms with van der Waals surface area (Å²) in [5, 5.41) is 6.38. The van der Waals surface area contributed by atoms with Crippen molar-refractivity contribution in [1.82, 2.24) is 10.6 Å². The summed E-state index contributed by atoms with van der Waals surface area (Å²) in [6.45, 7) is 4.91. The molecule has 0 aliphatic carbocycles. The lowest BCUT2D eigenvalue weighted by atomic mass is 10.00. The number of carbonyl (C=O) groups excluding carboxylic acids is 1. The average Bonchev–Trinajstić information content (AvgIpc) is 2.68. The minimum Gasteiger partial charge on any atom is -0.351 e. The van der Waals surface area contributed by atoms with Crippen LogP contribution >= 0.6 is 27.3 Å². The molecule has 2 N–H and O–H groups in total. The van der Waals surface area contributed by atoms with Crippen LogP contribution in [0.5, 0.6) is 0 Å². The van der Waals surface area contributed by atoms with Gasteiger partial charge in [-0.05, 0) is 66.3 Å². The molecular formula is C12H17BrN2OS. The summed E-state index contributed by atoms with van der Waals surface area (Å²) in [6, 6.07) is 1.93. The van der Waals surface area contributed by atoms with Crippen LogP contribution in [0.25, 0.3) is 0 Å². The van der Waals surface area contributed by atoms with E-state index in [1.807, 2.05) is 13.0 Å². The Balaban J connectivity index is 1.84. The molecule has 0 aromatic carbocycles. The summed E-state index contributed by atoms with van der Waals surface area (Å²) in [7, 11) is 0. The van der Waals surface area contributed by atoms with Crippen LogP contribution in [0.1, 0.15) is 28.1 Å². The van der Waals surface area contributed by atoms with Crippen LogP contribution in [0.3, 0.4) is 0 Å². The van der Waals surface area contributed by atoms with E-state index in [9.17, 15) is 4.79 Å². The third kappa shape index (κ3) is 3.53. The Hall–Kier alpha value is -0.390. The SMILES string of the molecule is Cc1cc(C(=O)NCC2CCCNC2)sc1Br. The zero-order valence-electron chi connectivity index (χ0n) is 9.88. The van der Waals surface area contributed by atoms with E-state index >= 15 is 0 Å². The second kappa shape index (κ2) is 5.98. The Kier molecular flexibility index (Phi) is 4.59. The number of halogens is 1. The van der Waals surface area contributed by atoms with Gasteiger partial charge in [-0.3, -0.25) is 4.79 Å². The Morgan fingerprint density at radius 2 is 2.53 bits per heavy atom. The smallest absolute Gasteiger partial charge is 0.261 e. The minimum atomic E-state index is 0.0503. The van der Waals surface area contributed by atoms with E-state index in [-0.39, 0.29) is 5.91 Å². The number of aryl methyl sites for hydroxylation is 1. The number of amides is 1. The Bertz CT molecular complexity index is 380. The number of nitrogens with one attached hydrogen (secondary N) is 2. The molecule has 1 saturated heterocycles. The molecule has 1 fully saturated rings. The van der Waals surface area contributed by atoms with Gasteiger partial charge in [0, 0.05) is 6.54 Å². The molecule has 1 unspecified atom stereocenters. The molecule has 3 nitrogen and oxygen atoms in total. The number of rotatable bonds is 3. The molecule has 0 radical (unpaired) electrons. The predicted molar refractivity (Wildman–Crippen MR) is 74.7 cm³/mol. The second-order valence-electron chi connectivity index (χ2n) is 4.49. The molecule has 17 heavy (non-hydrogen) atoms. The van der Waals surface area contributed by atoms with E-state index in [2.05, 4.69) is 26.6 Å². The van der Waals surface area contributed by atoms with Crippen LogP contribution in [-0.2, 0) is 0 Å². The predicted octanol–water partition coefficient (Wildman–Crippen LogP) is 2.55. The lowest BCUT2D eigenvalue weighted by molar-refractivity contribution is 0.0949. The van der Waals surface area contributed by atoms with Crippen LogP contribution in [0.2, 0.25) is 0 Å². The molecule has 1 aromatic heterocycles. The molecule has 1 atom stereocenters.